The SMILES string of the molecule is CC(C=O)=CC1CC(C)CCC1C(C)C. The van der Waals surface area contributed by atoms with Crippen molar-refractivity contribution in [1.82, 2.24) is 0 Å². The van der Waals surface area contributed by atoms with Crippen LogP contribution in [-0.4, -0.2) is 6.29 Å². The van der Waals surface area contributed by atoms with E-state index in [0.717, 1.165) is 29.6 Å². The van der Waals surface area contributed by atoms with Gasteiger partial charge in [-0.3, -0.25) is 4.79 Å². The monoisotopic (exact) mass is 208 g/mol. The summed E-state index contributed by atoms with van der Waals surface area (Å²) in [5.74, 6) is 2.95. The van der Waals surface area contributed by atoms with Crippen LogP contribution >= 0.6 is 0 Å². The standard InChI is InChI=1S/C14H24O/c1-10(2)14-6-5-11(3)7-13(14)8-12(4)9-15/h8-11,13-14H,5-7H2,1-4H3. The predicted molar refractivity (Wildman–Crippen MR) is 64.7 cm³/mol. The van der Waals surface area contributed by atoms with E-state index in [4.69, 9.17) is 0 Å². The molecule has 0 saturated heterocycles. The van der Waals surface area contributed by atoms with Crippen LogP contribution in [0, 0.1) is 23.7 Å². The summed E-state index contributed by atoms with van der Waals surface area (Å²) in [5, 5.41) is 0. The molecule has 1 nitrogen and oxygen atoms in total. The van der Waals surface area contributed by atoms with Crippen molar-refractivity contribution in [3.8, 4) is 0 Å². The molecule has 1 aliphatic carbocycles. The Morgan fingerprint density at radius 2 is 2.00 bits per heavy atom. The van der Waals surface area contributed by atoms with Crippen LogP contribution in [0.5, 0.6) is 0 Å². The van der Waals surface area contributed by atoms with E-state index in [0.29, 0.717) is 5.92 Å². The van der Waals surface area contributed by atoms with Gasteiger partial charge in [-0.25, -0.2) is 0 Å². The molecule has 0 bridgehead atoms. The van der Waals surface area contributed by atoms with Crippen LogP contribution in [-0.2, 0) is 4.79 Å². The first kappa shape index (κ1) is 12.5. The summed E-state index contributed by atoms with van der Waals surface area (Å²) >= 11 is 0. The molecule has 1 aliphatic rings. The van der Waals surface area contributed by atoms with Crippen molar-refractivity contribution in [2.45, 2.75) is 47.0 Å². The highest BCUT2D eigenvalue weighted by Crippen LogP contribution is 2.38. The zero-order valence-corrected chi connectivity index (χ0v) is 10.5. The van der Waals surface area contributed by atoms with Crippen molar-refractivity contribution < 1.29 is 4.79 Å². The van der Waals surface area contributed by atoms with E-state index < -0.39 is 0 Å². The summed E-state index contributed by atoms with van der Waals surface area (Å²) in [6, 6.07) is 0. The van der Waals surface area contributed by atoms with Crippen molar-refractivity contribution in [3.05, 3.63) is 11.6 Å². The maximum Gasteiger partial charge on any atom is 0.145 e. The van der Waals surface area contributed by atoms with Crippen LogP contribution in [0.3, 0.4) is 0 Å². The molecule has 0 amide bonds. The Balaban J connectivity index is 2.74. The number of allylic oxidation sites excluding steroid dienone is 2. The molecule has 0 N–H and O–H groups in total. The fraction of sp³-hybridized carbons (Fsp3) is 0.786. The number of rotatable bonds is 3. The van der Waals surface area contributed by atoms with Gasteiger partial charge in [0.1, 0.15) is 6.29 Å². The lowest BCUT2D eigenvalue weighted by molar-refractivity contribution is -0.104. The third-order valence-electron chi connectivity index (χ3n) is 3.74. The van der Waals surface area contributed by atoms with Crippen LogP contribution in [0.15, 0.2) is 11.6 Å². The van der Waals surface area contributed by atoms with Crippen LogP contribution in [0.25, 0.3) is 0 Å². The lowest BCUT2D eigenvalue weighted by atomic mass is 9.70. The van der Waals surface area contributed by atoms with Crippen LogP contribution in [0.4, 0.5) is 0 Å². The summed E-state index contributed by atoms with van der Waals surface area (Å²) in [4.78, 5) is 10.7. The molecule has 1 fully saturated rings. The molecule has 3 unspecified atom stereocenters. The number of hydrogen-bond acceptors (Lipinski definition) is 1. The lowest BCUT2D eigenvalue weighted by Gasteiger charge is -2.36. The Bertz CT molecular complexity index is 240. The molecule has 0 radical (unpaired) electrons. The Morgan fingerprint density at radius 3 is 2.53 bits per heavy atom. The van der Waals surface area contributed by atoms with E-state index in [-0.39, 0.29) is 0 Å². The largest absolute Gasteiger partial charge is 0.298 e. The highest BCUT2D eigenvalue weighted by atomic mass is 16.1. The zero-order chi connectivity index (χ0) is 11.4. The van der Waals surface area contributed by atoms with Gasteiger partial charge in [-0.1, -0.05) is 33.3 Å². The van der Waals surface area contributed by atoms with E-state index in [2.05, 4.69) is 26.8 Å². The molecule has 1 saturated carbocycles. The van der Waals surface area contributed by atoms with E-state index in [1.54, 1.807) is 0 Å². The number of carbonyl (C=O) groups excluding carboxylic acids is 1. The summed E-state index contributed by atoms with van der Waals surface area (Å²) in [6.07, 6.45) is 7.12. The van der Waals surface area contributed by atoms with Gasteiger partial charge >= 0.3 is 0 Å². The van der Waals surface area contributed by atoms with Gasteiger partial charge < -0.3 is 0 Å². The van der Waals surface area contributed by atoms with Gasteiger partial charge in [-0.2, -0.15) is 0 Å². The maximum absolute atomic E-state index is 10.7. The van der Waals surface area contributed by atoms with Gasteiger partial charge in [0.15, 0.2) is 0 Å². The Kier molecular flexibility index (Phi) is 4.56. The van der Waals surface area contributed by atoms with Crippen molar-refractivity contribution in [1.29, 1.82) is 0 Å². The van der Waals surface area contributed by atoms with Crippen LogP contribution in [0.1, 0.15) is 47.0 Å². The summed E-state index contributed by atoms with van der Waals surface area (Å²) in [5.41, 5.74) is 0.903. The average Bonchev–Trinajstić information content (AvgIpc) is 2.17. The first-order valence-electron chi connectivity index (χ1n) is 6.18. The highest BCUT2D eigenvalue weighted by Gasteiger charge is 2.29. The molecule has 0 aromatic heterocycles. The van der Waals surface area contributed by atoms with Gasteiger partial charge in [-0.05, 0) is 49.0 Å². The topological polar surface area (TPSA) is 17.1 Å². The molecular weight excluding hydrogens is 184 g/mol. The molecule has 0 spiro atoms. The van der Waals surface area contributed by atoms with Gasteiger partial charge in [0.2, 0.25) is 0 Å². The zero-order valence-electron chi connectivity index (χ0n) is 10.5. The molecule has 86 valence electrons. The first-order valence-corrected chi connectivity index (χ1v) is 6.18. The van der Waals surface area contributed by atoms with Crippen LogP contribution < -0.4 is 0 Å². The maximum atomic E-state index is 10.7. The van der Waals surface area contributed by atoms with Gasteiger partial charge in [0, 0.05) is 0 Å². The van der Waals surface area contributed by atoms with E-state index >= 15 is 0 Å². The first-order chi connectivity index (χ1) is 7.04. The third kappa shape index (κ3) is 3.48. The normalized spacial score (nSPS) is 33.1. The Morgan fingerprint density at radius 1 is 1.33 bits per heavy atom. The minimum Gasteiger partial charge on any atom is -0.298 e. The smallest absolute Gasteiger partial charge is 0.145 e. The molecule has 0 aromatic rings. The third-order valence-corrected chi connectivity index (χ3v) is 3.74. The molecule has 3 atom stereocenters. The van der Waals surface area contributed by atoms with E-state index in [1.807, 2.05) is 6.92 Å². The molecule has 0 aliphatic heterocycles. The Labute approximate surface area is 93.9 Å². The predicted octanol–water partition coefficient (Wildman–Crippen LogP) is 3.84. The van der Waals surface area contributed by atoms with E-state index in [1.165, 1.54) is 19.3 Å². The minimum atomic E-state index is 0.624. The van der Waals surface area contributed by atoms with Crippen molar-refractivity contribution in [2.24, 2.45) is 23.7 Å². The van der Waals surface area contributed by atoms with Crippen molar-refractivity contribution in [3.63, 3.8) is 0 Å². The second-order valence-corrected chi connectivity index (χ2v) is 5.52. The fourth-order valence-electron chi connectivity index (χ4n) is 2.84. The van der Waals surface area contributed by atoms with E-state index in [9.17, 15) is 4.79 Å². The minimum absolute atomic E-state index is 0.624. The molecule has 15 heavy (non-hydrogen) atoms. The second kappa shape index (κ2) is 5.48. The number of aldehydes is 1. The second-order valence-electron chi connectivity index (χ2n) is 5.52. The Hall–Kier alpha value is -0.590. The fourth-order valence-corrected chi connectivity index (χ4v) is 2.84. The summed E-state index contributed by atoms with van der Waals surface area (Å²) in [7, 11) is 0. The quantitative estimate of drug-likeness (QED) is 0.509. The lowest BCUT2D eigenvalue weighted by Crippen LogP contribution is -2.26. The molecule has 1 heteroatoms. The van der Waals surface area contributed by atoms with Gasteiger partial charge in [-0.15, -0.1) is 0 Å². The molecule has 0 aromatic carbocycles. The van der Waals surface area contributed by atoms with Gasteiger partial charge in [0.25, 0.3) is 0 Å². The highest BCUT2D eigenvalue weighted by molar-refractivity contribution is 5.72. The van der Waals surface area contributed by atoms with Crippen molar-refractivity contribution in [2.75, 3.05) is 0 Å². The summed E-state index contributed by atoms with van der Waals surface area (Å²) in [6.45, 7) is 8.85. The molecular formula is C14H24O. The molecule has 1 rings (SSSR count). The summed E-state index contributed by atoms with van der Waals surface area (Å²) < 4.78 is 0. The van der Waals surface area contributed by atoms with Crippen molar-refractivity contribution >= 4 is 6.29 Å². The van der Waals surface area contributed by atoms with Crippen LogP contribution in [0.2, 0.25) is 0 Å². The molecule has 0 heterocycles. The average molecular weight is 208 g/mol. The number of carbonyl (C=O) groups is 1. The number of hydrogen-bond donors (Lipinski definition) is 0. The van der Waals surface area contributed by atoms with Gasteiger partial charge in [0.05, 0.1) is 0 Å².